The Hall–Kier alpha value is -1.79. The van der Waals surface area contributed by atoms with Crippen LogP contribution in [-0.4, -0.2) is 25.0 Å². The molecule has 6 nitrogen and oxygen atoms in total. The first-order valence-corrected chi connectivity index (χ1v) is 5.46. The Morgan fingerprint density at radius 1 is 1.47 bits per heavy atom. The molecular formula is C10H12ClN5O. The molecule has 4 N–H and O–H groups in total. The summed E-state index contributed by atoms with van der Waals surface area (Å²) in [6, 6.07) is 7.08. The van der Waals surface area contributed by atoms with Crippen LogP contribution >= 0.6 is 11.6 Å². The number of hydrazone groups is 1. The number of hydrogen-bond donors (Lipinski definition) is 4. The van der Waals surface area contributed by atoms with Crippen LogP contribution < -0.4 is 21.6 Å². The van der Waals surface area contributed by atoms with E-state index in [-0.39, 0.29) is 12.2 Å². The van der Waals surface area contributed by atoms with Gasteiger partial charge in [-0.1, -0.05) is 29.8 Å². The lowest BCUT2D eigenvalue weighted by molar-refractivity contribution is 0.217. The second-order valence-corrected chi connectivity index (χ2v) is 3.85. The maximum atomic E-state index is 11.0. The molecule has 1 fully saturated rings. The number of nitrogens with zero attached hydrogens (tertiary/aromatic N) is 1. The van der Waals surface area contributed by atoms with E-state index in [0.29, 0.717) is 11.6 Å². The highest BCUT2D eigenvalue weighted by atomic mass is 35.5. The van der Waals surface area contributed by atoms with Crippen LogP contribution in [0.1, 0.15) is 5.56 Å². The van der Waals surface area contributed by atoms with E-state index in [1.165, 1.54) is 0 Å². The number of carbonyl (C=O) groups is 1. The van der Waals surface area contributed by atoms with E-state index in [9.17, 15) is 4.79 Å². The fourth-order valence-electron chi connectivity index (χ4n) is 1.33. The number of benzene rings is 1. The summed E-state index contributed by atoms with van der Waals surface area (Å²) in [4.78, 5) is 11.0. The predicted molar refractivity (Wildman–Crippen MR) is 65.6 cm³/mol. The SMILES string of the molecule is O=C1NNCC(N/N=C/c2ccccc2Cl)N1. The molecular weight excluding hydrogens is 242 g/mol. The van der Waals surface area contributed by atoms with E-state index in [1.807, 2.05) is 18.2 Å². The van der Waals surface area contributed by atoms with Crippen LogP contribution in [0.15, 0.2) is 29.4 Å². The second-order valence-electron chi connectivity index (χ2n) is 3.44. The lowest BCUT2D eigenvalue weighted by Gasteiger charge is -2.24. The van der Waals surface area contributed by atoms with E-state index in [1.54, 1.807) is 12.3 Å². The lowest BCUT2D eigenvalue weighted by Crippen LogP contribution is -2.62. The Balaban J connectivity index is 1.89. The van der Waals surface area contributed by atoms with E-state index in [0.717, 1.165) is 5.56 Å². The molecule has 1 unspecified atom stereocenters. The van der Waals surface area contributed by atoms with Crippen LogP contribution in [0.2, 0.25) is 5.02 Å². The number of urea groups is 1. The van der Waals surface area contributed by atoms with Gasteiger partial charge in [-0.15, -0.1) is 0 Å². The minimum atomic E-state index is -0.290. The minimum absolute atomic E-state index is 0.248. The molecule has 0 spiro atoms. The summed E-state index contributed by atoms with van der Waals surface area (Å²) in [5, 5.41) is 7.30. The summed E-state index contributed by atoms with van der Waals surface area (Å²) in [5.74, 6) is 0. The molecule has 2 rings (SSSR count). The Kier molecular flexibility index (Phi) is 3.79. The molecule has 7 heteroatoms. The molecule has 0 radical (unpaired) electrons. The first-order chi connectivity index (χ1) is 8.25. The van der Waals surface area contributed by atoms with Crippen molar-refractivity contribution >= 4 is 23.8 Å². The molecule has 2 amide bonds. The monoisotopic (exact) mass is 253 g/mol. The third-order valence-corrected chi connectivity index (χ3v) is 2.50. The average Bonchev–Trinajstić information content (AvgIpc) is 2.32. The summed E-state index contributed by atoms with van der Waals surface area (Å²) < 4.78 is 0. The summed E-state index contributed by atoms with van der Waals surface area (Å²) in [7, 11) is 0. The van der Waals surface area contributed by atoms with Crippen LogP contribution in [0, 0.1) is 0 Å². The zero-order valence-corrected chi connectivity index (χ0v) is 9.66. The van der Waals surface area contributed by atoms with Crippen molar-refractivity contribution in [3.63, 3.8) is 0 Å². The van der Waals surface area contributed by atoms with Gasteiger partial charge in [-0.25, -0.2) is 10.2 Å². The molecule has 0 bridgehead atoms. The van der Waals surface area contributed by atoms with Crippen molar-refractivity contribution in [2.75, 3.05) is 6.54 Å². The highest BCUT2D eigenvalue weighted by molar-refractivity contribution is 6.33. The van der Waals surface area contributed by atoms with E-state index < -0.39 is 0 Å². The van der Waals surface area contributed by atoms with Crippen LogP contribution in [-0.2, 0) is 0 Å². The first kappa shape index (κ1) is 11.7. The number of rotatable bonds is 3. The van der Waals surface area contributed by atoms with Crippen molar-refractivity contribution in [1.29, 1.82) is 0 Å². The van der Waals surface area contributed by atoms with Gasteiger partial charge in [-0.05, 0) is 6.07 Å². The molecule has 1 aliphatic heterocycles. The molecule has 1 aliphatic rings. The maximum absolute atomic E-state index is 11.0. The summed E-state index contributed by atoms with van der Waals surface area (Å²) in [5.41, 5.74) is 8.76. The Morgan fingerprint density at radius 2 is 2.29 bits per heavy atom. The molecule has 0 aromatic heterocycles. The summed E-state index contributed by atoms with van der Waals surface area (Å²) in [6.45, 7) is 0.533. The van der Waals surface area contributed by atoms with Gasteiger partial charge in [0.25, 0.3) is 0 Å². The number of hydrazine groups is 1. The predicted octanol–water partition coefficient (Wildman–Crippen LogP) is 0.407. The minimum Gasteiger partial charge on any atom is -0.314 e. The average molecular weight is 254 g/mol. The summed E-state index contributed by atoms with van der Waals surface area (Å²) >= 11 is 5.96. The first-order valence-electron chi connectivity index (χ1n) is 5.08. The third-order valence-electron chi connectivity index (χ3n) is 2.15. The van der Waals surface area contributed by atoms with Gasteiger partial charge in [-0.2, -0.15) is 5.10 Å². The van der Waals surface area contributed by atoms with Crippen molar-refractivity contribution in [3.05, 3.63) is 34.9 Å². The number of hydrogen-bond acceptors (Lipinski definition) is 4. The zero-order chi connectivity index (χ0) is 12.1. The third kappa shape index (κ3) is 3.33. The van der Waals surface area contributed by atoms with E-state index in [4.69, 9.17) is 11.6 Å². The molecule has 90 valence electrons. The van der Waals surface area contributed by atoms with Crippen LogP contribution in [0.25, 0.3) is 0 Å². The zero-order valence-electron chi connectivity index (χ0n) is 8.90. The molecule has 17 heavy (non-hydrogen) atoms. The highest BCUT2D eigenvalue weighted by Gasteiger charge is 2.15. The number of carbonyl (C=O) groups excluding carboxylic acids is 1. The highest BCUT2D eigenvalue weighted by Crippen LogP contribution is 2.11. The Morgan fingerprint density at radius 3 is 3.06 bits per heavy atom. The van der Waals surface area contributed by atoms with Crippen molar-refractivity contribution in [2.24, 2.45) is 5.10 Å². The maximum Gasteiger partial charge on any atom is 0.330 e. The van der Waals surface area contributed by atoms with Gasteiger partial charge < -0.3 is 5.32 Å². The van der Waals surface area contributed by atoms with Gasteiger partial charge in [0.2, 0.25) is 0 Å². The van der Waals surface area contributed by atoms with Gasteiger partial charge in [0.1, 0.15) is 6.17 Å². The van der Waals surface area contributed by atoms with Crippen molar-refractivity contribution in [3.8, 4) is 0 Å². The van der Waals surface area contributed by atoms with Gasteiger partial charge in [0, 0.05) is 10.6 Å². The molecule has 1 atom stereocenters. The summed E-state index contributed by atoms with van der Waals surface area (Å²) in [6.07, 6.45) is 1.36. The normalized spacial score (nSPS) is 19.8. The number of amides is 2. The lowest BCUT2D eigenvalue weighted by atomic mass is 10.2. The number of halogens is 1. The van der Waals surface area contributed by atoms with Crippen molar-refractivity contribution in [1.82, 2.24) is 21.6 Å². The molecule has 0 saturated carbocycles. The van der Waals surface area contributed by atoms with Crippen LogP contribution in [0.4, 0.5) is 4.79 Å². The fourth-order valence-corrected chi connectivity index (χ4v) is 1.52. The van der Waals surface area contributed by atoms with Crippen LogP contribution in [0.5, 0.6) is 0 Å². The van der Waals surface area contributed by atoms with Gasteiger partial charge in [-0.3, -0.25) is 10.9 Å². The molecule has 0 aliphatic carbocycles. The standard InChI is InChI=1S/C10H12ClN5O/c11-8-4-2-1-3-7(8)5-12-15-9-6-13-16-10(17)14-9/h1-5,9,13,15H,6H2,(H2,14,16,17)/b12-5+. The number of nitrogens with one attached hydrogen (secondary N) is 4. The molecule has 1 saturated heterocycles. The van der Waals surface area contributed by atoms with Gasteiger partial charge in [0.15, 0.2) is 0 Å². The molecule has 1 aromatic rings. The Labute approximate surface area is 103 Å². The fraction of sp³-hybridized carbons (Fsp3) is 0.200. The van der Waals surface area contributed by atoms with Crippen molar-refractivity contribution < 1.29 is 4.79 Å². The van der Waals surface area contributed by atoms with Gasteiger partial charge >= 0.3 is 6.03 Å². The largest absolute Gasteiger partial charge is 0.330 e. The molecule has 1 aromatic carbocycles. The Bertz CT molecular complexity index is 436. The van der Waals surface area contributed by atoms with Gasteiger partial charge in [0.05, 0.1) is 12.8 Å². The quantitative estimate of drug-likeness (QED) is 0.465. The topological polar surface area (TPSA) is 77.6 Å². The smallest absolute Gasteiger partial charge is 0.314 e. The van der Waals surface area contributed by atoms with E-state index >= 15 is 0 Å². The van der Waals surface area contributed by atoms with E-state index in [2.05, 4.69) is 26.7 Å². The van der Waals surface area contributed by atoms with Crippen LogP contribution in [0.3, 0.4) is 0 Å². The van der Waals surface area contributed by atoms with Crippen molar-refractivity contribution in [2.45, 2.75) is 6.17 Å². The second kappa shape index (κ2) is 5.51. The molecule has 1 heterocycles.